The van der Waals surface area contributed by atoms with Crippen LogP contribution in [0.4, 0.5) is 5.69 Å². The monoisotopic (exact) mass is 454 g/mol. The second kappa shape index (κ2) is 7.63. The van der Waals surface area contributed by atoms with Crippen molar-refractivity contribution in [1.29, 1.82) is 0 Å². The number of hydrogen-bond donors (Lipinski definition) is 1. The van der Waals surface area contributed by atoms with Crippen LogP contribution in [0.5, 0.6) is 0 Å². The first kappa shape index (κ1) is 20.5. The molecule has 1 aliphatic carbocycles. The standard InChI is InChI=1S/C22H22N4O5S/c1-13-8-14(2)10-16(9-13)25-32(28,29)17-6-7-18-19(11-17)30-22(27)26(18)12-20-23-21(31-24-20)15-4-3-5-15/h6-11,15,25H,3-5,12H2,1-2H3. The molecule has 1 aliphatic rings. The van der Waals surface area contributed by atoms with Gasteiger partial charge in [0.05, 0.1) is 17.0 Å². The van der Waals surface area contributed by atoms with Crippen molar-refractivity contribution in [2.24, 2.45) is 0 Å². The summed E-state index contributed by atoms with van der Waals surface area (Å²) in [6.45, 7) is 3.87. The lowest BCUT2D eigenvalue weighted by Crippen LogP contribution is -2.16. The number of fused-ring (bicyclic) bond motifs is 1. The van der Waals surface area contributed by atoms with E-state index in [9.17, 15) is 13.2 Å². The quantitative estimate of drug-likeness (QED) is 0.471. The number of oxazole rings is 1. The summed E-state index contributed by atoms with van der Waals surface area (Å²) < 4.78 is 40.3. The Balaban J connectivity index is 1.43. The number of nitrogens with one attached hydrogen (secondary N) is 1. The molecular formula is C22H22N4O5S. The second-order valence-corrected chi connectivity index (χ2v) is 9.92. The highest BCUT2D eigenvalue weighted by Crippen LogP contribution is 2.35. The van der Waals surface area contributed by atoms with Crippen LogP contribution in [0.15, 0.2) is 55.0 Å². The molecule has 0 radical (unpaired) electrons. The predicted octanol–water partition coefficient (Wildman–Crippen LogP) is 3.71. The van der Waals surface area contributed by atoms with Crippen LogP contribution in [-0.2, 0) is 16.6 Å². The molecule has 0 amide bonds. The summed E-state index contributed by atoms with van der Waals surface area (Å²) in [6, 6.07) is 9.79. The number of aromatic nitrogens is 3. The molecular weight excluding hydrogens is 432 g/mol. The highest BCUT2D eigenvalue weighted by Gasteiger charge is 2.26. The molecule has 0 aliphatic heterocycles. The summed E-state index contributed by atoms with van der Waals surface area (Å²) in [5.74, 6) is 0.654. The third kappa shape index (κ3) is 3.81. The Labute approximate surface area is 184 Å². The Bertz CT molecular complexity index is 1460. The number of aryl methyl sites for hydroxylation is 2. The highest BCUT2D eigenvalue weighted by atomic mass is 32.2. The van der Waals surface area contributed by atoms with Gasteiger partial charge in [-0.3, -0.25) is 9.29 Å². The highest BCUT2D eigenvalue weighted by molar-refractivity contribution is 7.92. The molecule has 2 aromatic heterocycles. The number of anilines is 1. The van der Waals surface area contributed by atoms with E-state index in [2.05, 4.69) is 14.9 Å². The lowest BCUT2D eigenvalue weighted by atomic mass is 9.85. The predicted molar refractivity (Wildman–Crippen MR) is 117 cm³/mol. The van der Waals surface area contributed by atoms with E-state index in [1.54, 1.807) is 18.2 Å². The molecule has 1 saturated carbocycles. The van der Waals surface area contributed by atoms with Gasteiger partial charge in [0, 0.05) is 17.7 Å². The fourth-order valence-electron chi connectivity index (χ4n) is 3.91. The second-order valence-electron chi connectivity index (χ2n) is 8.24. The first-order valence-corrected chi connectivity index (χ1v) is 11.8. The zero-order valence-electron chi connectivity index (χ0n) is 17.7. The minimum Gasteiger partial charge on any atom is -0.408 e. The summed E-state index contributed by atoms with van der Waals surface area (Å²) in [4.78, 5) is 16.8. The minimum atomic E-state index is -3.86. The van der Waals surface area contributed by atoms with Gasteiger partial charge in [-0.25, -0.2) is 13.2 Å². The lowest BCUT2D eigenvalue weighted by Gasteiger charge is -2.20. The number of sulfonamides is 1. The van der Waals surface area contributed by atoms with E-state index >= 15 is 0 Å². The van der Waals surface area contributed by atoms with Gasteiger partial charge in [-0.2, -0.15) is 4.98 Å². The molecule has 10 heteroatoms. The molecule has 166 valence electrons. The van der Waals surface area contributed by atoms with Crippen LogP contribution in [0.1, 0.15) is 48.0 Å². The molecule has 32 heavy (non-hydrogen) atoms. The van der Waals surface area contributed by atoms with Gasteiger partial charge < -0.3 is 8.94 Å². The van der Waals surface area contributed by atoms with Crippen LogP contribution in [0.2, 0.25) is 0 Å². The fourth-order valence-corrected chi connectivity index (χ4v) is 4.96. The topological polar surface area (TPSA) is 120 Å². The Hall–Kier alpha value is -3.40. The maximum Gasteiger partial charge on any atom is 0.420 e. The molecule has 2 aromatic carbocycles. The van der Waals surface area contributed by atoms with E-state index in [1.807, 2.05) is 19.9 Å². The zero-order chi connectivity index (χ0) is 22.5. The molecule has 1 N–H and O–H groups in total. The maximum absolute atomic E-state index is 12.9. The van der Waals surface area contributed by atoms with Crippen LogP contribution in [-0.4, -0.2) is 23.1 Å². The molecule has 5 rings (SSSR count). The van der Waals surface area contributed by atoms with E-state index in [1.165, 1.54) is 16.7 Å². The fraction of sp³-hybridized carbons (Fsp3) is 0.318. The van der Waals surface area contributed by atoms with Crippen molar-refractivity contribution in [2.45, 2.75) is 50.5 Å². The van der Waals surface area contributed by atoms with Gasteiger partial charge in [0.25, 0.3) is 10.0 Å². The van der Waals surface area contributed by atoms with Gasteiger partial charge in [0.2, 0.25) is 5.89 Å². The van der Waals surface area contributed by atoms with Crippen LogP contribution in [0, 0.1) is 13.8 Å². The maximum atomic E-state index is 12.9. The number of hydrogen-bond acceptors (Lipinski definition) is 7. The summed E-state index contributed by atoms with van der Waals surface area (Å²) in [7, 11) is -3.86. The average Bonchev–Trinajstić information content (AvgIpc) is 3.23. The Morgan fingerprint density at radius 3 is 2.56 bits per heavy atom. The molecule has 0 spiro atoms. The number of rotatable bonds is 6. The van der Waals surface area contributed by atoms with Crippen molar-refractivity contribution >= 4 is 26.8 Å². The van der Waals surface area contributed by atoms with E-state index in [0.717, 1.165) is 30.4 Å². The largest absolute Gasteiger partial charge is 0.420 e. The smallest absolute Gasteiger partial charge is 0.408 e. The zero-order valence-corrected chi connectivity index (χ0v) is 18.5. The third-order valence-electron chi connectivity index (χ3n) is 5.66. The van der Waals surface area contributed by atoms with Crippen molar-refractivity contribution in [3.63, 3.8) is 0 Å². The Morgan fingerprint density at radius 1 is 1.12 bits per heavy atom. The van der Waals surface area contributed by atoms with Crippen molar-refractivity contribution in [1.82, 2.24) is 14.7 Å². The number of nitrogens with zero attached hydrogens (tertiary/aromatic N) is 3. The van der Waals surface area contributed by atoms with Crippen LogP contribution < -0.4 is 10.5 Å². The molecule has 0 atom stereocenters. The number of benzene rings is 2. The summed E-state index contributed by atoms with van der Waals surface area (Å²) in [5, 5.41) is 3.97. The van der Waals surface area contributed by atoms with E-state index in [0.29, 0.717) is 28.8 Å². The van der Waals surface area contributed by atoms with Gasteiger partial charge >= 0.3 is 5.76 Å². The average molecular weight is 455 g/mol. The molecule has 0 bridgehead atoms. The van der Waals surface area contributed by atoms with Gasteiger partial charge in [-0.15, -0.1) is 0 Å². The lowest BCUT2D eigenvalue weighted by molar-refractivity contribution is 0.291. The van der Waals surface area contributed by atoms with Crippen LogP contribution >= 0.6 is 0 Å². The normalized spacial score (nSPS) is 14.6. The van der Waals surface area contributed by atoms with Crippen LogP contribution in [0.3, 0.4) is 0 Å². The van der Waals surface area contributed by atoms with Gasteiger partial charge in [0.1, 0.15) is 0 Å². The molecule has 9 nitrogen and oxygen atoms in total. The summed E-state index contributed by atoms with van der Waals surface area (Å²) in [6.07, 6.45) is 3.21. The summed E-state index contributed by atoms with van der Waals surface area (Å²) in [5.41, 5.74) is 2.99. The molecule has 2 heterocycles. The summed E-state index contributed by atoms with van der Waals surface area (Å²) >= 11 is 0. The molecule has 0 unspecified atom stereocenters. The molecule has 1 fully saturated rings. The van der Waals surface area contributed by atoms with E-state index in [4.69, 9.17) is 8.94 Å². The van der Waals surface area contributed by atoms with E-state index < -0.39 is 15.8 Å². The van der Waals surface area contributed by atoms with Gasteiger partial charge in [0.15, 0.2) is 11.4 Å². The SMILES string of the molecule is Cc1cc(C)cc(NS(=O)(=O)c2ccc3c(c2)oc(=O)n3Cc2noc(C3CCC3)n2)c1. The molecule has 4 aromatic rings. The van der Waals surface area contributed by atoms with Crippen molar-refractivity contribution in [3.8, 4) is 0 Å². The van der Waals surface area contributed by atoms with Crippen molar-refractivity contribution in [3.05, 3.63) is 69.8 Å². The van der Waals surface area contributed by atoms with Gasteiger partial charge in [-0.05, 0) is 62.1 Å². The van der Waals surface area contributed by atoms with Crippen molar-refractivity contribution < 1.29 is 17.4 Å². The first-order chi connectivity index (χ1) is 15.3. The Kier molecular flexibility index (Phi) is 4.89. The van der Waals surface area contributed by atoms with Gasteiger partial charge in [-0.1, -0.05) is 17.6 Å². The third-order valence-corrected chi connectivity index (χ3v) is 7.04. The van der Waals surface area contributed by atoms with Crippen LogP contribution in [0.25, 0.3) is 11.1 Å². The van der Waals surface area contributed by atoms with Crippen molar-refractivity contribution in [2.75, 3.05) is 4.72 Å². The molecule has 0 saturated heterocycles. The van der Waals surface area contributed by atoms with E-state index in [-0.39, 0.29) is 17.0 Å². The minimum absolute atomic E-state index is 0.00288. The Morgan fingerprint density at radius 2 is 1.88 bits per heavy atom. The first-order valence-electron chi connectivity index (χ1n) is 10.4.